The van der Waals surface area contributed by atoms with Gasteiger partial charge in [0.15, 0.2) is 6.04 Å². The van der Waals surface area contributed by atoms with Crippen molar-refractivity contribution in [2.24, 2.45) is 0 Å². The Morgan fingerprint density at radius 2 is 1.95 bits per heavy atom. The molecule has 0 bridgehead atoms. The molecule has 2 aromatic carbocycles. The van der Waals surface area contributed by atoms with Crippen LogP contribution in [0, 0.1) is 5.82 Å². The predicted molar refractivity (Wildman–Crippen MR) is 78.4 cm³/mol. The molecule has 0 amide bonds. The van der Waals surface area contributed by atoms with E-state index in [1.54, 1.807) is 24.3 Å². The molecular weight excluding hydrogens is 297 g/mol. The molecule has 0 aromatic heterocycles. The smallest absolute Gasteiger partial charge is 0.330 e. The standard InChI is InChI=1S/C15H13ClFNO3/c1-21-10-7-5-9(6-8-10)18-14(15(19)20)11-3-2-4-12(16)13(11)17/h2-8,14,18H,1H3,(H,19,20). The molecule has 0 saturated heterocycles. The van der Waals surface area contributed by atoms with E-state index in [0.717, 1.165) is 0 Å². The summed E-state index contributed by atoms with van der Waals surface area (Å²) in [6, 6.07) is 9.67. The Kier molecular flexibility index (Phi) is 4.65. The second-order valence-electron chi connectivity index (χ2n) is 4.29. The molecule has 2 N–H and O–H groups in total. The van der Waals surface area contributed by atoms with Gasteiger partial charge in [-0.3, -0.25) is 0 Å². The minimum atomic E-state index is -1.24. The maximum atomic E-state index is 14.0. The highest BCUT2D eigenvalue weighted by Crippen LogP contribution is 2.27. The molecule has 1 atom stereocenters. The third-order valence-corrected chi connectivity index (χ3v) is 3.23. The predicted octanol–water partition coefficient (Wildman–Crippen LogP) is 3.73. The van der Waals surface area contributed by atoms with Crippen molar-refractivity contribution in [1.29, 1.82) is 0 Å². The molecule has 0 radical (unpaired) electrons. The molecule has 0 fully saturated rings. The number of aliphatic carboxylic acids is 1. The van der Waals surface area contributed by atoms with Crippen LogP contribution in [-0.4, -0.2) is 18.2 Å². The summed E-state index contributed by atoms with van der Waals surface area (Å²) in [5.74, 6) is -1.30. The van der Waals surface area contributed by atoms with E-state index in [-0.39, 0.29) is 10.6 Å². The van der Waals surface area contributed by atoms with E-state index in [9.17, 15) is 14.3 Å². The second kappa shape index (κ2) is 6.45. The van der Waals surface area contributed by atoms with Crippen LogP contribution in [0.25, 0.3) is 0 Å². The van der Waals surface area contributed by atoms with Crippen LogP contribution in [0.1, 0.15) is 11.6 Å². The second-order valence-corrected chi connectivity index (χ2v) is 4.69. The van der Waals surface area contributed by atoms with Gasteiger partial charge in [0.1, 0.15) is 11.6 Å². The first kappa shape index (κ1) is 15.1. The van der Waals surface area contributed by atoms with Crippen molar-refractivity contribution < 1.29 is 19.0 Å². The summed E-state index contributed by atoms with van der Waals surface area (Å²) in [4.78, 5) is 11.4. The van der Waals surface area contributed by atoms with E-state index in [0.29, 0.717) is 11.4 Å². The van der Waals surface area contributed by atoms with Crippen LogP contribution in [0.15, 0.2) is 42.5 Å². The van der Waals surface area contributed by atoms with Crippen molar-refractivity contribution in [2.75, 3.05) is 12.4 Å². The van der Waals surface area contributed by atoms with Gasteiger partial charge >= 0.3 is 5.97 Å². The number of anilines is 1. The van der Waals surface area contributed by atoms with Crippen LogP contribution < -0.4 is 10.1 Å². The van der Waals surface area contributed by atoms with E-state index in [4.69, 9.17) is 16.3 Å². The fraction of sp³-hybridized carbons (Fsp3) is 0.133. The normalized spacial score (nSPS) is 11.8. The molecule has 1 unspecified atom stereocenters. The van der Waals surface area contributed by atoms with Gasteiger partial charge in [-0.2, -0.15) is 0 Å². The van der Waals surface area contributed by atoms with Gasteiger partial charge in [-0.25, -0.2) is 9.18 Å². The number of hydrogen-bond donors (Lipinski definition) is 2. The molecular formula is C15H13ClFNO3. The Balaban J connectivity index is 2.31. The Bertz CT molecular complexity index is 646. The van der Waals surface area contributed by atoms with Gasteiger partial charge < -0.3 is 15.2 Å². The first-order valence-electron chi connectivity index (χ1n) is 6.10. The number of carbonyl (C=O) groups is 1. The lowest BCUT2D eigenvalue weighted by molar-refractivity contribution is -0.138. The SMILES string of the molecule is COc1ccc(NC(C(=O)O)c2cccc(Cl)c2F)cc1. The van der Waals surface area contributed by atoms with Crippen molar-refractivity contribution in [3.63, 3.8) is 0 Å². The third-order valence-electron chi connectivity index (χ3n) is 2.94. The quantitative estimate of drug-likeness (QED) is 0.883. The van der Waals surface area contributed by atoms with Gasteiger partial charge in [0.25, 0.3) is 0 Å². The molecule has 110 valence electrons. The summed E-state index contributed by atoms with van der Waals surface area (Å²) in [6.07, 6.45) is 0. The molecule has 21 heavy (non-hydrogen) atoms. The van der Waals surface area contributed by atoms with Crippen molar-refractivity contribution in [3.8, 4) is 5.75 Å². The van der Waals surface area contributed by atoms with Gasteiger partial charge in [0.2, 0.25) is 0 Å². The average molecular weight is 310 g/mol. The maximum absolute atomic E-state index is 14.0. The first-order chi connectivity index (χ1) is 10.0. The molecule has 6 heteroatoms. The van der Waals surface area contributed by atoms with Gasteiger partial charge in [-0.05, 0) is 30.3 Å². The highest BCUT2D eigenvalue weighted by atomic mass is 35.5. The highest BCUT2D eigenvalue weighted by molar-refractivity contribution is 6.30. The molecule has 0 aliphatic carbocycles. The highest BCUT2D eigenvalue weighted by Gasteiger charge is 2.24. The number of carboxylic acids is 1. The third kappa shape index (κ3) is 3.44. The molecule has 0 aliphatic heterocycles. The zero-order chi connectivity index (χ0) is 15.4. The van der Waals surface area contributed by atoms with Crippen molar-refractivity contribution >= 4 is 23.3 Å². The molecule has 4 nitrogen and oxygen atoms in total. The van der Waals surface area contributed by atoms with Gasteiger partial charge in [0.05, 0.1) is 12.1 Å². The summed E-state index contributed by atoms with van der Waals surface area (Å²) in [6.45, 7) is 0. The fourth-order valence-electron chi connectivity index (χ4n) is 1.87. The number of nitrogens with one attached hydrogen (secondary N) is 1. The van der Waals surface area contributed by atoms with Crippen molar-refractivity contribution in [2.45, 2.75) is 6.04 Å². The van der Waals surface area contributed by atoms with Gasteiger partial charge in [-0.1, -0.05) is 23.7 Å². The van der Waals surface area contributed by atoms with E-state index >= 15 is 0 Å². The van der Waals surface area contributed by atoms with E-state index in [1.807, 2.05) is 0 Å². The Morgan fingerprint density at radius 3 is 2.52 bits per heavy atom. The number of carboxylic acid groups (broad SMARTS) is 1. The summed E-state index contributed by atoms with van der Waals surface area (Å²) in [7, 11) is 1.53. The number of halogens is 2. The van der Waals surface area contributed by atoms with Crippen LogP contribution in [0.4, 0.5) is 10.1 Å². The Morgan fingerprint density at radius 1 is 1.29 bits per heavy atom. The number of benzene rings is 2. The molecule has 0 aliphatic rings. The fourth-order valence-corrected chi connectivity index (χ4v) is 2.05. The zero-order valence-electron chi connectivity index (χ0n) is 11.1. The molecule has 2 rings (SSSR count). The number of ether oxygens (including phenoxy) is 1. The van der Waals surface area contributed by atoms with E-state index in [1.165, 1.54) is 25.3 Å². The summed E-state index contributed by atoms with van der Waals surface area (Å²) in [5.41, 5.74) is 0.508. The maximum Gasteiger partial charge on any atom is 0.330 e. The van der Waals surface area contributed by atoms with Gasteiger partial charge in [0, 0.05) is 11.3 Å². The molecule has 2 aromatic rings. The lowest BCUT2D eigenvalue weighted by Gasteiger charge is -2.17. The number of hydrogen-bond acceptors (Lipinski definition) is 3. The topological polar surface area (TPSA) is 58.6 Å². The van der Waals surface area contributed by atoms with E-state index in [2.05, 4.69) is 5.32 Å². The van der Waals surface area contributed by atoms with Crippen LogP contribution in [0.2, 0.25) is 5.02 Å². The van der Waals surface area contributed by atoms with Crippen molar-refractivity contribution in [1.82, 2.24) is 0 Å². The largest absolute Gasteiger partial charge is 0.497 e. The van der Waals surface area contributed by atoms with E-state index < -0.39 is 17.8 Å². The summed E-state index contributed by atoms with van der Waals surface area (Å²) in [5, 5.41) is 12.0. The molecule has 0 spiro atoms. The minimum absolute atomic E-state index is 0.0224. The van der Waals surface area contributed by atoms with Crippen LogP contribution in [0.3, 0.4) is 0 Å². The molecule has 0 saturated carbocycles. The lowest BCUT2D eigenvalue weighted by Crippen LogP contribution is -2.21. The summed E-state index contributed by atoms with van der Waals surface area (Å²) >= 11 is 5.69. The zero-order valence-corrected chi connectivity index (χ0v) is 11.9. The first-order valence-corrected chi connectivity index (χ1v) is 6.48. The number of methoxy groups -OCH3 is 1. The van der Waals surface area contributed by atoms with Crippen molar-refractivity contribution in [3.05, 3.63) is 58.9 Å². The average Bonchev–Trinajstić information content (AvgIpc) is 2.48. The van der Waals surface area contributed by atoms with Crippen LogP contribution >= 0.6 is 11.6 Å². The van der Waals surface area contributed by atoms with Gasteiger partial charge in [-0.15, -0.1) is 0 Å². The van der Waals surface area contributed by atoms with Crippen LogP contribution in [-0.2, 0) is 4.79 Å². The number of rotatable bonds is 5. The summed E-state index contributed by atoms with van der Waals surface area (Å²) < 4.78 is 19.0. The van der Waals surface area contributed by atoms with Crippen LogP contribution in [0.5, 0.6) is 5.75 Å². The Hall–Kier alpha value is -2.27. The minimum Gasteiger partial charge on any atom is -0.497 e. The Labute approximate surface area is 126 Å². The molecule has 0 heterocycles. The monoisotopic (exact) mass is 309 g/mol. The lowest BCUT2D eigenvalue weighted by atomic mass is 10.1.